The van der Waals surface area contributed by atoms with Crippen molar-refractivity contribution in [3.8, 4) is 0 Å². The lowest BCUT2D eigenvalue weighted by Crippen LogP contribution is -2.20. The molecule has 3 rings (SSSR count). The van der Waals surface area contributed by atoms with Crippen molar-refractivity contribution in [1.29, 1.82) is 0 Å². The number of hydrogen-bond acceptors (Lipinski definition) is 0. The molecule has 0 saturated heterocycles. The highest BCUT2D eigenvalue weighted by molar-refractivity contribution is 5.12. The van der Waals surface area contributed by atoms with E-state index in [1.807, 2.05) is 5.92 Å². The molecule has 0 aromatic rings. The van der Waals surface area contributed by atoms with Crippen LogP contribution >= 0.6 is 0 Å². The van der Waals surface area contributed by atoms with Gasteiger partial charge in [-0.05, 0) is 55.8 Å². The van der Waals surface area contributed by atoms with Crippen LogP contribution in [0.3, 0.4) is 0 Å². The molecule has 0 amide bonds. The van der Waals surface area contributed by atoms with Crippen LogP contribution in [0.2, 0.25) is 0 Å². The smallest absolute Gasteiger partial charge is 0.0176 e. The minimum Gasteiger partial charge on any atom is -0.0533 e. The average Bonchev–Trinajstić information content (AvgIpc) is 2.80. The Bertz CT molecular complexity index is 178. The van der Waals surface area contributed by atoms with Crippen LogP contribution in [0.25, 0.3) is 0 Å². The molecule has 1 radical (unpaired) electrons. The standard InChI is InChI=1S/C13H21/c1-2-4-11(5-3-1)13-9-10-6-7-12(13)8-10/h10-12H,1-9H2. The topological polar surface area (TPSA) is 0 Å². The number of fused-ring (bicyclic) bond motifs is 2. The fourth-order valence-electron chi connectivity index (χ4n) is 4.07. The molecular weight excluding hydrogens is 156 g/mol. The van der Waals surface area contributed by atoms with Gasteiger partial charge in [-0.2, -0.15) is 0 Å². The minimum absolute atomic E-state index is 1.07. The Morgan fingerprint density at radius 1 is 0.769 bits per heavy atom. The maximum atomic E-state index is 2.02. The second kappa shape index (κ2) is 3.29. The van der Waals surface area contributed by atoms with Gasteiger partial charge in [0.1, 0.15) is 0 Å². The highest BCUT2D eigenvalue weighted by Gasteiger charge is 2.43. The Labute approximate surface area is 82.1 Å². The normalized spacial score (nSPS) is 41.5. The number of hydrogen-bond donors (Lipinski definition) is 0. The molecule has 3 aliphatic carbocycles. The lowest BCUT2D eigenvalue weighted by molar-refractivity contribution is 0.313. The van der Waals surface area contributed by atoms with Gasteiger partial charge in [0.15, 0.2) is 0 Å². The van der Waals surface area contributed by atoms with Crippen LogP contribution in [-0.4, -0.2) is 0 Å². The molecule has 13 heavy (non-hydrogen) atoms. The first-order valence-electron chi connectivity index (χ1n) is 6.29. The van der Waals surface area contributed by atoms with Gasteiger partial charge in [0.25, 0.3) is 0 Å². The largest absolute Gasteiger partial charge is 0.0533 e. The summed E-state index contributed by atoms with van der Waals surface area (Å²) in [6.07, 6.45) is 13.9. The average molecular weight is 177 g/mol. The van der Waals surface area contributed by atoms with Gasteiger partial charge in [0.2, 0.25) is 0 Å². The van der Waals surface area contributed by atoms with Crippen molar-refractivity contribution in [2.75, 3.05) is 0 Å². The summed E-state index contributed by atoms with van der Waals surface area (Å²) >= 11 is 0. The molecule has 3 fully saturated rings. The molecule has 0 aromatic carbocycles. The third kappa shape index (κ3) is 1.43. The highest BCUT2D eigenvalue weighted by atomic mass is 14.5. The molecule has 73 valence electrons. The molecule has 0 heterocycles. The Morgan fingerprint density at radius 3 is 2.23 bits per heavy atom. The molecular formula is C13H21. The van der Waals surface area contributed by atoms with E-state index < -0.39 is 0 Å². The molecule has 3 saturated carbocycles. The summed E-state index contributed by atoms with van der Waals surface area (Å²) in [5.41, 5.74) is 0. The summed E-state index contributed by atoms with van der Waals surface area (Å²) in [4.78, 5) is 0. The van der Waals surface area contributed by atoms with Crippen LogP contribution < -0.4 is 0 Å². The van der Waals surface area contributed by atoms with Crippen molar-refractivity contribution in [3.05, 3.63) is 5.92 Å². The van der Waals surface area contributed by atoms with Gasteiger partial charge in [-0.25, -0.2) is 0 Å². The molecule has 0 heteroatoms. The Kier molecular flexibility index (Phi) is 2.11. The molecule has 2 unspecified atom stereocenters. The zero-order valence-electron chi connectivity index (χ0n) is 8.60. The van der Waals surface area contributed by atoms with Crippen molar-refractivity contribution in [2.45, 2.75) is 57.8 Å². The molecule has 2 atom stereocenters. The van der Waals surface area contributed by atoms with Gasteiger partial charge in [-0.15, -0.1) is 0 Å². The third-order valence-electron chi connectivity index (χ3n) is 4.72. The van der Waals surface area contributed by atoms with E-state index in [0.29, 0.717) is 0 Å². The van der Waals surface area contributed by atoms with Gasteiger partial charge in [0.05, 0.1) is 0 Å². The molecule has 0 nitrogen and oxygen atoms in total. The van der Waals surface area contributed by atoms with E-state index in [2.05, 4.69) is 0 Å². The van der Waals surface area contributed by atoms with Crippen LogP contribution in [0.4, 0.5) is 0 Å². The van der Waals surface area contributed by atoms with E-state index in [0.717, 1.165) is 17.8 Å². The van der Waals surface area contributed by atoms with E-state index in [1.165, 1.54) is 25.7 Å². The second-order valence-corrected chi connectivity index (χ2v) is 5.49. The summed E-state index contributed by atoms with van der Waals surface area (Å²) in [6, 6.07) is 0. The fraction of sp³-hybridized carbons (Fsp3) is 0.923. The summed E-state index contributed by atoms with van der Waals surface area (Å²) < 4.78 is 0. The quantitative estimate of drug-likeness (QED) is 0.568. The van der Waals surface area contributed by atoms with Crippen LogP contribution in [-0.2, 0) is 0 Å². The Balaban J connectivity index is 1.65. The zero-order chi connectivity index (χ0) is 8.67. The Hall–Kier alpha value is 0. The summed E-state index contributed by atoms with van der Waals surface area (Å²) in [5.74, 6) is 5.31. The predicted octanol–water partition coefficient (Wildman–Crippen LogP) is 3.96. The lowest BCUT2D eigenvalue weighted by atomic mass is 9.73. The van der Waals surface area contributed by atoms with Gasteiger partial charge < -0.3 is 0 Å². The van der Waals surface area contributed by atoms with E-state index in [1.54, 1.807) is 32.1 Å². The van der Waals surface area contributed by atoms with Crippen molar-refractivity contribution >= 4 is 0 Å². The van der Waals surface area contributed by atoms with Crippen molar-refractivity contribution < 1.29 is 0 Å². The van der Waals surface area contributed by atoms with Gasteiger partial charge in [-0.1, -0.05) is 25.7 Å². The van der Waals surface area contributed by atoms with E-state index in [9.17, 15) is 0 Å². The van der Waals surface area contributed by atoms with Gasteiger partial charge in [0, 0.05) is 0 Å². The predicted molar refractivity (Wildman–Crippen MR) is 55.3 cm³/mol. The minimum atomic E-state index is 1.07. The van der Waals surface area contributed by atoms with Gasteiger partial charge >= 0.3 is 0 Å². The van der Waals surface area contributed by atoms with Gasteiger partial charge in [-0.3, -0.25) is 0 Å². The van der Waals surface area contributed by atoms with Crippen molar-refractivity contribution in [2.24, 2.45) is 17.8 Å². The molecule has 0 spiro atoms. The first-order valence-corrected chi connectivity index (χ1v) is 6.29. The molecule has 0 aliphatic heterocycles. The second-order valence-electron chi connectivity index (χ2n) is 5.49. The summed E-state index contributed by atoms with van der Waals surface area (Å²) in [7, 11) is 0. The van der Waals surface area contributed by atoms with Crippen molar-refractivity contribution in [1.82, 2.24) is 0 Å². The van der Waals surface area contributed by atoms with Crippen molar-refractivity contribution in [3.63, 3.8) is 0 Å². The van der Waals surface area contributed by atoms with Crippen LogP contribution in [0, 0.1) is 23.7 Å². The third-order valence-corrected chi connectivity index (χ3v) is 4.72. The molecule has 3 aliphatic rings. The first kappa shape index (κ1) is 8.32. The highest BCUT2D eigenvalue weighted by Crippen LogP contribution is 2.54. The fourth-order valence-corrected chi connectivity index (χ4v) is 4.07. The summed E-state index contributed by atoms with van der Waals surface area (Å²) in [6.45, 7) is 0. The van der Waals surface area contributed by atoms with Crippen LogP contribution in [0.1, 0.15) is 57.8 Å². The van der Waals surface area contributed by atoms with Crippen LogP contribution in [0.5, 0.6) is 0 Å². The summed E-state index contributed by atoms with van der Waals surface area (Å²) in [5, 5.41) is 0. The zero-order valence-corrected chi connectivity index (χ0v) is 8.60. The SMILES string of the molecule is C1CCC([C]2CC3CCC2C3)CC1. The van der Waals surface area contributed by atoms with Crippen LogP contribution in [0.15, 0.2) is 0 Å². The molecule has 0 N–H and O–H groups in total. The van der Waals surface area contributed by atoms with E-state index in [4.69, 9.17) is 0 Å². The molecule has 0 aromatic heterocycles. The Morgan fingerprint density at radius 2 is 1.62 bits per heavy atom. The maximum Gasteiger partial charge on any atom is -0.0176 e. The number of rotatable bonds is 1. The lowest BCUT2D eigenvalue weighted by Gasteiger charge is -2.32. The maximum absolute atomic E-state index is 2.02. The van der Waals surface area contributed by atoms with E-state index >= 15 is 0 Å². The van der Waals surface area contributed by atoms with E-state index in [-0.39, 0.29) is 0 Å². The molecule has 2 bridgehead atoms. The first-order chi connectivity index (χ1) is 6.43. The monoisotopic (exact) mass is 177 g/mol.